The summed E-state index contributed by atoms with van der Waals surface area (Å²) in [6, 6.07) is 0. The monoisotopic (exact) mass is 293 g/mol. The Kier molecular flexibility index (Phi) is 2.33. The molecule has 106 valence electrons. The van der Waals surface area contributed by atoms with E-state index in [1.54, 1.807) is 29.2 Å². The van der Waals surface area contributed by atoms with Crippen LogP contribution in [0.25, 0.3) is 5.65 Å². The summed E-state index contributed by atoms with van der Waals surface area (Å²) in [5.41, 5.74) is 0.219. The minimum atomic E-state index is -3.05. The number of aromatic nitrogens is 3. The molecule has 2 aliphatic heterocycles. The summed E-state index contributed by atoms with van der Waals surface area (Å²) in [5.74, 6) is 0. The van der Waals surface area contributed by atoms with Crippen molar-refractivity contribution in [2.24, 2.45) is 0 Å². The van der Waals surface area contributed by atoms with E-state index in [0.29, 0.717) is 24.2 Å². The molecule has 20 heavy (non-hydrogen) atoms. The number of hydrogen-bond donors (Lipinski definition) is 1. The maximum atomic E-state index is 12.2. The van der Waals surface area contributed by atoms with E-state index in [1.165, 1.54) is 0 Å². The summed E-state index contributed by atoms with van der Waals surface area (Å²) >= 11 is 0. The lowest BCUT2D eigenvalue weighted by Crippen LogP contribution is -2.43. The Labute approximate surface area is 116 Å². The van der Waals surface area contributed by atoms with Crippen LogP contribution in [0.15, 0.2) is 24.8 Å². The highest BCUT2D eigenvalue weighted by Gasteiger charge is 2.54. The zero-order valence-corrected chi connectivity index (χ0v) is 11.6. The fourth-order valence-corrected chi connectivity index (χ4v) is 6.13. The second-order valence-corrected chi connectivity index (χ2v) is 8.31. The highest BCUT2D eigenvalue weighted by molar-refractivity contribution is 7.93. The molecule has 4 rings (SSSR count). The molecule has 0 saturated carbocycles. The van der Waals surface area contributed by atoms with Gasteiger partial charge in [0.05, 0.1) is 28.6 Å². The van der Waals surface area contributed by atoms with Gasteiger partial charge in [-0.2, -0.15) is 0 Å². The normalized spacial score (nSPS) is 35.5. The van der Waals surface area contributed by atoms with Crippen LogP contribution in [0.1, 0.15) is 31.4 Å². The van der Waals surface area contributed by atoms with Gasteiger partial charge in [-0.25, -0.2) is 13.4 Å². The van der Waals surface area contributed by atoms with Crippen LogP contribution < -0.4 is 0 Å². The van der Waals surface area contributed by atoms with Gasteiger partial charge in [-0.05, 0) is 25.7 Å². The zero-order valence-electron chi connectivity index (χ0n) is 10.8. The fourth-order valence-electron chi connectivity index (χ4n) is 3.64. The van der Waals surface area contributed by atoms with Gasteiger partial charge in [0.25, 0.3) is 0 Å². The van der Waals surface area contributed by atoms with Gasteiger partial charge in [0.1, 0.15) is 5.60 Å². The Morgan fingerprint density at radius 3 is 2.65 bits per heavy atom. The SMILES string of the molecule is O=S1(=O)C2CCC1CC(O)(c1cnc3cnccn13)C2. The lowest BCUT2D eigenvalue weighted by atomic mass is 9.90. The number of hydrogen-bond acceptors (Lipinski definition) is 5. The lowest BCUT2D eigenvalue weighted by Gasteiger charge is -2.35. The molecule has 0 aromatic carbocycles. The molecule has 2 atom stereocenters. The van der Waals surface area contributed by atoms with Crippen LogP contribution in [0.4, 0.5) is 0 Å². The number of nitrogens with zero attached hydrogens (tertiary/aromatic N) is 3. The molecule has 0 amide bonds. The summed E-state index contributed by atoms with van der Waals surface area (Å²) in [6.45, 7) is 0. The summed E-state index contributed by atoms with van der Waals surface area (Å²) in [5, 5.41) is 10.2. The van der Waals surface area contributed by atoms with E-state index in [0.717, 1.165) is 0 Å². The largest absolute Gasteiger partial charge is 0.383 e. The third-order valence-corrected chi connectivity index (χ3v) is 7.33. The molecule has 2 aromatic rings. The Balaban J connectivity index is 1.83. The summed E-state index contributed by atoms with van der Waals surface area (Å²) in [4.78, 5) is 8.24. The van der Waals surface area contributed by atoms with Crippen LogP contribution in [0.2, 0.25) is 0 Å². The number of imidazole rings is 1. The maximum absolute atomic E-state index is 12.2. The van der Waals surface area contributed by atoms with E-state index < -0.39 is 25.9 Å². The molecule has 0 aliphatic carbocycles. The smallest absolute Gasteiger partial charge is 0.156 e. The highest BCUT2D eigenvalue weighted by atomic mass is 32.2. The Bertz CT molecular complexity index is 763. The summed E-state index contributed by atoms with van der Waals surface area (Å²) < 4.78 is 26.1. The molecule has 1 N–H and O–H groups in total. The van der Waals surface area contributed by atoms with Crippen molar-refractivity contribution >= 4 is 15.5 Å². The number of rotatable bonds is 1. The third kappa shape index (κ3) is 1.50. The number of aliphatic hydroxyl groups is 1. The molecule has 2 saturated heterocycles. The van der Waals surface area contributed by atoms with Gasteiger partial charge in [-0.15, -0.1) is 0 Å². The average molecular weight is 293 g/mol. The maximum Gasteiger partial charge on any atom is 0.156 e. The van der Waals surface area contributed by atoms with Crippen LogP contribution in [0.5, 0.6) is 0 Å². The van der Waals surface area contributed by atoms with Crippen molar-refractivity contribution in [3.63, 3.8) is 0 Å². The van der Waals surface area contributed by atoms with E-state index in [9.17, 15) is 13.5 Å². The van der Waals surface area contributed by atoms with Crippen LogP contribution in [-0.4, -0.2) is 38.4 Å². The molecule has 4 heterocycles. The summed E-state index contributed by atoms with van der Waals surface area (Å²) in [6.07, 6.45) is 8.50. The van der Waals surface area contributed by atoms with Crippen molar-refractivity contribution in [3.05, 3.63) is 30.5 Å². The van der Waals surface area contributed by atoms with E-state index in [2.05, 4.69) is 9.97 Å². The quantitative estimate of drug-likeness (QED) is 0.835. The van der Waals surface area contributed by atoms with Gasteiger partial charge in [-0.1, -0.05) is 0 Å². The molecule has 2 fully saturated rings. The molecular formula is C13H15N3O3S. The van der Waals surface area contributed by atoms with Crippen LogP contribution in [0.3, 0.4) is 0 Å². The first-order valence-electron chi connectivity index (χ1n) is 6.73. The van der Waals surface area contributed by atoms with Crippen LogP contribution in [-0.2, 0) is 15.4 Å². The van der Waals surface area contributed by atoms with Crippen molar-refractivity contribution in [2.75, 3.05) is 0 Å². The van der Waals surface area contributed by atoms with E-state index in [-0.39, 0.29) is 12.8 Å². The van der Waals surface area contributed by atoms with Gasteiger partial charge in [0.2, 0.25) is 0 Å². The van der Waals surface area contributed by atoms with Gasteiger partial charge >= 0.3 is 0 Å². The molecule has 7 heteroatoms. The van der Waals surface area contributed by atoms with Crippen molar-refractivity contribution < 1.29 is 13.5 Å². The number of fused-ring (bicyclic) bond motifs is 3. The van der Waals surface area contributed by atoms with Gasteiger partial charge in [0, 0.05) is 12.4 Å². The first-order valence-corrected chi connectivity index (χ1v) is 8.34. The van der Waals surface area contributed by atoms with Crippen LogP contribution >= 0.6 is 0 Å². The predicted molar refractivity (Wildman–Crippen MR) is 71.8 cm³/mol. The summed E-state index contributed by atoms with van der Waals surface area (Å²) in [7, 11) is -3.05. The van der Waals surface area contributed by atoms with Gasteiger partial charge in [-0.3, -0.25) is 9.38 Å². The fraction of sp³-hybridized carbons (Fsp3) is 0.538. The molecule has 2 aliphatic rings. The van der Waals surface area contributed by atoms with E-state index in [1.807, 2.05) is 0 Å². The van der Waals surface area contributed by atoms with E-state index in [4.69, 9.17) is 0 Å². The predicted octanol–water partition coefficient (Wildman–Crippen LogP) is 0.656. The van der Waals surface area contributed by atoms with Crippen LogP contribution in [0, 0.1) is 0 Å². The molecular weight excluding hydrogens is 278 g/mol. The minimum absolute atomic E-state index is 0.266. The zero-order chi connectivity index (χ0) is 14.0. The van der Waals surface area contributed by atoms with Gasteiger partial charge in [0.15, 0.2) is 15.5 Å². The van der Waals surface area contributed by atoms with E-state index >= 15 is 0 Å². The highest BCUT2D eigenvalue weighted by Crippen LogP contribution is 2.47. The Morgan fingerprint density at radius 2 is 1.95 bits per heavy atom. The third-order valence-electron chi connectivity index (χ3n) is 4.66. The molecule has 0 spiro atoms. The Morgan fingerprint density at radius 1 is 1.25 bits per heavy atom. The second-order valence-electron chi connectivity index (χ2n) is 5.80. The topological polar surface area (TPSA) is 84.6 Å². The van der Waals surface area contributed by atoms with Crippen molar-refractivity contribution in [1.29, 1.82) is 0 Å². The average Bonchev–Trinajstić information content (AvgIpc) is 2.88. The first-order chi connectivity index (χ1) is 9.51. The molecule has 2 unspecified atom stereocenters. The van der Waals surface area contributed by atoms with Gasteiger partial charge < -0.3 is 5.11 Å². The molecule has 0 radical (unpaired) electrons. The van der Waals surface area contributed by atoms with Crippen molar-refractivity contribution in [2.45, 2.75) is 41.8 Å². The molecule has 2 bridgehead atoms. The molecule has 6 nitrogen and oxygen atoms in total. The second kappa shape index (κ2) is 3.79. The lowest BCUT2D eigenvalue weighted by molar-refractivity contribution is 0.0123. The van der Waals surface area contributed by atoms with Crippen molar-refractivity contribution in [1.82, 2.24) is 14.4 Å². The van der Waals surface area contributed by atoms with Crippen molar-refractivity contribution in [3.8, 4) is 0 Å². The minimum Gasteiger partial charge on any atom is -0.383 e. The first kappa shape index (κ1) is 12.3. The molecule has 2 aromatic heterocycles. The standard InChI is InChI=1S/C13H15N3O3S/c17-13(5-9-1-2-10(6-13)20(9,18)19)11-7-15-12-8-14-3-4-16(11)12/h3-4,7-10,17H,1-2,5-6H2. The Hall–Kier alpha value is -1.47. The number of sulfone groups is 1.